The third-order valence-corrected chi connectivity index (χ3v) is 6.86. The minimum Gasteiger partial charge on any atom is -0.177 e. The zero-order valence-electron chi connectivity index (χ0n) is 16.3. The summed E-state index contributed by atoms with van der Waals surface area (Å²) >= 11 is 27.2. The van der Waals surface area contributed by atoms with Crippen molar-refractivity contribution in [3.63, 3.8) is 0 Å². The molecule has 0 amide bonds. The summed E-state index contributed by atoms with van der Waals surface area (Å²) in [5.74, 6) is 0. The number of benzene rings is 4. The van der Waals surface area contributed by atoms with E-state index in [1.165, 1.54) is 0 Å². The molecule has 0 aromatic heterocycles. The van der Waals surface area contributed by atoms with Gasteiger partial charge >= 0.3 is 51.4 Å². The molecule has 0 nitrogen and oxygen atoms in total. The molecule has 0 aliphatic rings. The van der Waals surface area contributed by atoms with E-state index in [0.717, 1.165) is 21.9 Å². The van der Waals surface area contributed by atoms with Gasteiger partial charge in [0.05, 0.1) is 0 Å². The van der Waals surface area contributed by atoms with Gasteiger partial charge in [-0.15, -0.1) is 0 Å². The van der Waals surface area contributed by atoms with Crippen molar-refractivity contribution in [1.82, 2.24) is 0 Å². The molecule has 0 aliphatic heterocycles. The van der Waals surface area contributed by atoms with Gasteiger partial charge in [0.15, 0.2) is 0 Å². The summed E-state index contributed by atoms with van der Waals surface area (Å²) < 4.78 is 0. The monoisotopic (exact) mass is 494 g/mol. The van der Waals surface area contributed by atoms with E-state index >= 15 is 0 Å². The average molecular weight is 496 g/mol. The van der Waals surface area contributed by atoms with E-state index in [1.54, 1.807) is 0 Å². The topological polar surface area (TPSA) is 0 Å². The molecule has 0 fully saturated rings. The van der Waals surface area contributed by atoms with Crippen LogP contribution in [0, 0.1) is 0 Å². The summed E-state index contributed by atoms with van der Waals surface area (Å²) in [5.41, 5.74) is 3.68. The van der Waals surface area contributed by atoms with E-state index < -0.39 is 6.15 Å². The second-order valence-electron chi connectivity index (χ2n) is 6.95. The maximum absolute atomic E-state index is 6.80. The Bertz CT molecular complexity index is 991. The van der Waals surface area contributed by atoms with Gasteiger partial charge in [-0.25, -0.2) is 0 Å². The molecule has 0 spiro atoms. The molecule has 144 valence electrons. The van der Waals surface area contributed by atoms with Crippen LogP contribution < -0.4 is 73.2 Å². The molecular weight excluding hydrogens is 480 g/mol. The molecule has 0 N–H and O–H groups in total. The average Bonchev–Trinajstić information content (AvgIpc) is 2.73. The van der Waals surface area contributed by atoms with E-state index in [9.17, 15) is 0 Å². The Hall–Kier alpha value is -0.259. The first-order valence-corrected chi connectivity index (χ1v) is 10.7. The molecule has 0 radical (unpaired) electrons. The van der Waals surface area contributed by atoms with Crippen molar-refractivity contribution in [2.24, 2.45) is 0 Å². The summed E-state index contributed by atoms with van der Waals surface area (Å²) in [5, 5.41) is 2.53. The van der Waals surface area contributed by atoms with Gasteiger partial charge in [-0.1, -0.05) is 119 Å². The summed E-state index contributed by atoms with van der Waals surface area (Å²) in [4.78, 5) is 0. The van der Waals surface area contributed by atoms with Gasteiger partial charge in [0.25, 0.3) is 0 Å². The van der Waals surface area contributed by atoms with Crippen molar-refractivity contribution in [2.45, 2.75) is 0 Å². The van der Waals surface area contributed by atoms with Crippen molar-refractivity contribution in [3.05, 3.63) is 117 Å². The SMILES string of the molecule is Clc1ccccc1[B-](c1ccccc1Cl)(c1ccccc1Cl)c1ccccc1Cl.[K+]. The molecule has 4 aromatic carbocycles. The largest absolute Gasteiger partial charge is 1.00 e. The molecule has 0 unspecified atom stereocenters. The molecule has 4 rings (SSSR count). The van der Waals surface area contributed by atoms with Crippen LogP contribution in [0.1, 0.15) is 0 Å². The van der Waals surface area contributed by atoms with Crippen molar-refractivity contribution >= 4 is 74.4 Å². The third-order valence-electron chi connectivity index (χ3n) is 5.49. The number of halogens is 4. The fourth-order valence-electron chi connectivity index (χ4n) is 4.31. The summed E-state index contributed by atoms with van der Waals surface area (Å²) in [6.07, 6.45) is -1.85. The molecule has 0 saturated heterocycles. The maximum atomic E-state index is 6.80. The van der Waals surface area contributed by atoms with E-state index in [-0.39, 0.29) is 51.4 Å². The molecule has 0 aliphatic carbocycles. The normalized spacial score (nSPS) is 11.1. The van der Waals surface area contributed by atoms with E-state index in [2.05, 4.69) is 0 Å². The van der Waals surface area contributed by atoms with Crippen molar-refractivity contribution < 1.29 is 51.4 Å². The predicted molar refractivity (Wildman–Crippen MR) is 130 cm³/mol. The quantitative estimate of drug-likeness (QED) is 0.382. The molecule has 0 atom stereocenters. The molecule has 0 heterocycles. The zero-order chi connectivity index (χ0) is 20.4. The van der Waals surface area contributed by atoms with Gasteiger partial charge in [-0.2, -0.15) is 21.9 Å². The van der Waals surface area contributed by atoms with Crippen LogP contribution in [0.25, 0.3) is 0 Å². The number of hydrogen-bond acceptors (Lipinski definition) is 0. The van der Waals surface area contributed by atoms with Crippen LogP contribution in [0.5, 0.6) is 0 Å². The van der Waals surface area contributed by atoms with Gasteiger partial charge in [0.2, 0.25) is 0 Å². The van der Waals surface area contributed by atoms with Gasteiger partial charge in [-0.05, 0) is 24.3 Å². The zero-order valence-corrected chi connectivity index (χ0v) is 22.5. The van der Waals surface area contributed by atoms with Crippen LogP contribution >= 0.6 is 46.4 Å². The van der Waals surface area contributed by atoms with Gasteiger partial charge < -0.3 is 0 Å². The second-order valence-corrected chi connectivity index (χ2v) is 8.58. The van der Waals surface area contributed by atoms with E-state index in [4.69, 9.17) is 46.4 Å². The first kappa shape index (κ1) is 24.4. The minimum atomic E-state index is -1.85. The Morgan fingerprint density at radius 2 is 0.567 bits per heavy atom. The Morgan fingerprint density at radius 1 is 0.367 bits per heavy atom. The van der Waals surface area contributed by atoms with Crippen LogP contribution in [0.4, 0.5) is 0 Å². The standard InChI is InChI=1S/C24H16BCl4.K/c26-21-13-5-1-9-17(21)25(18-10-2-6-14-22(18)27,19-11-3-7-15-23(19)28)20-12-4-8-16-24(20)29;/h1-16H;/q-1;+1. The van der Waals surface area contributed by atoms with Crippen molar-refractivity contribution in [3.8, 4) is 0 Å². The molecule has 0 bridgehead atoms. The minimum absolute atomic E-state index is 0. The summed E-state index contributed by atoms with van der Waals surface area (Å²) in [7, 11) is 0. The molecular formula is C24H16BCl4K. The van der Waals surface area contributed by atoms with Gasteiger partial charge in [0.1, 0.15) is 6.15 Å². The summed E-state index contributed by atoms with van der Waals surface area (Å²) in [6.45, 7) is 0. The fourth-order valence-corrected chi connectivity index (χ4v) is 5.51. The van der Waals surface area contributed by atoms with Gasteiger partial charge in [0, 0.05) is 20.1 Å². The Labute approximate surface area is 239 Å². The smallest absolute Gasteiger partial charge is 0.177 e. The van der Waals surface area contributed by atoms with Crippen LogP contribution in [-0.2, 0) is 0 Å². The van der Waals surface area contributed by atoms with Crippen LogP contribution in [0.15, 0.2) is 97.1 Å². The van der Waals surface area contributed by atoms with E-state index in [0.29, 0.717) is 20.1 Å². The molecule has 4 aromatic rings. The molecule has 30 heavy (non-hydrogen) atoms. The first-order valence-electron chi connectivity index (χ1n) is 9.22. The second kappa shape index (κ2) is 10.6. The predicted octanol–water partition coefficient (Wildman–Crippen LogP) is 2.68. The van der Waals surface area contributed by atoms with Crippen LogP contribution in [0.3, 0.4) is 0 Å². The van der Waals surface area contributed by atoms with Crippen LogP contribution in [-0.4, -0.2) is 6.15 Å². The van der Waals surface area contributed by atoms with Crippen molar-refractivity contribution in [1.29, 1.82) is 0 Å². The summed E-state index contributed by atoms with van der Waals surface area (Å²) in [6, 6.07) is 31.2. The maximum Gasteiger partial charge on any atom is 1.00 e. The van der Waals surface area contributed by atoms with Crippen molar-refractivity contribution in [2.75, 3.05) is 0 Å². The fraction of sp³-hybridized carbons (Fsp3) is 0. The Morgan fingerprint density at radius 3 is 0.767 bits per heavy atom. The molecule has 0 saturated carbocycles. The number of hydrogen-bond donors (Lipinski definition) is 0. The molecule has 6 heteroatoms. The number of rotatable bonds is 4. The van der Waals surface area contributed by atoms with Gasteiger partial charge in [-0.3, -0.25) is 0 Å². The van der Waals surface area contributed by atoms with Crippen LogP contribution in [0.2, 0.25) is 20.1 Å². The Kier molecular flexibility index (Phi) is 8.59. The van der Waals surface area contributed by atoms with E-state index in [1.807, 2.05) is 97.1 Å². The Balaban J connectivity index is 0.00000256. The third kappa shape index (κ3) is 4.32. The first-order chi connectivity index (χ1) is 14.1.